The van der Waals surface area contributed by atoms with Crippen molar-refractivity contribution in [3.05, 3.63) is 11.8 Å². The van der Waals surface area contributed by atoms with Crippen LogP contribution in [0.3, 0.4) is 0 Å². The summed E-state index contributed by atoms with van der Waals surface area (Å²) < 4.78 is 22.0. The molecule has 1 saturated carbocycles. The molecule has 1 aromatic rings. The van der Waals surface area contributed by atoms with E-state index in [1.807, 2.05) is 6.07 Å². The van der Waals surface area contributed by atoms with Crippen LogP contribution in [0.4, 0.5) is 15.0 Å². The van der Waals surface area contributed by atoms with E-state index in [0.29, 0.717) is 0 Å². The molecule has 1 aliphatic carbocycles. The third-order valence-corrected chi connectivity index (χ3v) is 5.44. The van der Waals surface area contributed by atoms with Crippen LogP contribution in [0.5, 0.6) is 0 Å². The molecule has 2 heterocycles. The number of ether oxygens (including phenoxy) is 1. The van der Waals surface area contributed by atoms with Crippen LogP contribution in [-0.4, -0.2) is 57.5 Å². The molecule has 3 rings (SSSR count). The predicted octanol–water partition coefficient (Wildman–Crippen LogP) is 1.92. The SMILES string of the molecule is CC(C)(C)OC(=O)N1CCC(CC#N)(n2cc(C(N)=O)c(NC(=O)C3CC3)n2)C(F)C1. The minimum atomic E-state index is -1.67. The highest BCUT2D eigenvalue weighted by molar-refractivity contribution is 6.02. The molecule has 3 amide bonds. The zero-order chi connectivity index (χ0) is 23.0. The maximum Gasteiger partial charge on any atom is 0.410 e. The number of alkyl halides is 1. The van der Waals surface area contributed by atoms with Crippen LogP contribution in [0.2, 0.25) is 0 Å². The molecule has 0 aromatic carbocycles. The first-order valence-electron chi connectivity index (χ1n) is 10.2. The summed E-state index contributed by atoms with van der Waals surface area (Å²) in [5.74, 6) is -1.29. The van der Waals surface area contributed by atoms with Crippen molar-refractivity contribution in [1.82, 2.24) is 14.7 Å². The number of likely N-dealkylation sites (tertiary alicyclic amines) is 1. The Morgan fingerprint density at radius 2 is 2.10 bits per heavy atom. The van der Waals surface area contributed by atoms with E-state index < -0.39 is 29.3 Å². The summed E-state index contributed by atoms with van der Waals surface area (Å²) in [6, 6.07) is 1.98. The highest BCUT2D eigenvalue weighted by atomic mass is 19.1. The molecule has 2 aliphatic rings. The Labute approximate surface area is 179 Å². The maximum absolute atomic E-state index is 15.5. The van der Waals surface area contributed by atoms with Crippen molar-refractivity contribution in [3.8, 4) is 6.07 Å². The fourth-order valence-corrected chi connectivity index (χ4v) is 3.55. The van der Waals surface area contributed by atoms with Gasteiger partial charge in [0, 0.05) is 18.7 Å². The zero-order valence-electron chi connectivity index (χ0n) is 17.9. The fraction of sp³-hybridized carbons (Fsp3) is 0.650. The van der Waals surface area contributed by atoms with Gasteiger partial charge in [-0.1, -0.05) is 0 Å². The molecule has 1 aromatic heterocycles. The van der Waals surface area contributed by atoms with E-state index in [2.05, 4.69) is 10.4 Å². The molecule has 168 valence electrons. The van der Waals surface area contributed by atoms with Crippen LogP contribution < -0.4 is 11.1 Å². The molecule has 2 atom stereocenters. The number of carbonyl (C=O) groups excluding carboxylic acids is 3. The molecule has 0 bridgehead atoms. The Balaban J connectivity index is 1.87. The van der Waals surface area contributed by atoms with Crippen LogP contribution in [0.25, 0.3) is 0 Å². The number of nitrogens with two attached hydrogens (primary N) is 1. The molecule has 31 heavy (non-hydrogen) atoms. The Kier molecular flexibility index (Phi) is 5.93. The van der Waals surface area contributed by atoms with Crippen LogP contribution >= 0.6 is 0 Å². The topological polar surface area (TPSA) is 143 Å². The molecule has 0 radical (unpaired) electrons. The van der Waals surface area contributed by atoms with Gasteiger partial charge < -0.3 is 20.7 Å². The van der Waals surface area contributed by atoms with Crippen molar-refractivity contribution in [2.75, 3.05) is 18.4 Å². The Hall–Kier alpha value is -3.16. The number of nitrogens with zero attached hydrogens (tertiary/aromatic N) is 4. The van der Waals surface area contributed by atoms with Gasteiger partial charge in [-0.05, 0) is 40.0 Å². The predicted molar refractivity (Wildman–Crippen MR) is 108 cm³/mol. The average Bonchev–Trinajstić information content (AvgIpc) is 3.42. The summed E-state index contributed by atoms with van der Waals surface area (Å²) >= 11 is 0. The molecular weight excluding hydrogens is 407 g/mol. The standard InChI is InChI=1S/C20H27FN6O4/c1-19(2,3)31-18(30)26-9-7-20(6-8-22,14(21)11-26)27-10-13(15(23)28)16(25-27)24-17(29)12-4-5-12/h10,12,14H,4-7,9,11H2,1-3H3,(H2,23,28)(H,24,25,29). The van der Waals surface area contributed by atoms with Gasteiger partial charge in [0.15, 0.2) is 5.82 Å². The molecular formula is C20H27FN6O4. The number of nitrogens with one attached hydrogen (secondary N) is 1. The van der Waals surface area contributed by atoms with Crippen LogP contribution in [0.1, 0.15) is 56.8 Å². The van der Waals surface area contributed by atoms with E-state index in [1.54, 1.807) is 20.8 Å². The molecule has 2 unspecified atom stereocenters. The van der Waals surface area contributed by atoms with Gasteiger partial charge in [-0.15, -0.1) is 0 Å². The molecule has 2 fully saturated rings. The van der Waals surface area contributed by atoms with Crippen LogP contribution in [0.15, 0.2) is 6.20 Å². The van der Waals surface area contributed by atoms with Crippen molar-refractivity contribution in [1.29, 1.82) is 5.26 Å². The van der Waals surface area contributed by atoms with E-state index in [1.165, 1.54) is 15.8 Å². The van der Waals surface area contributed by atoms with Gasteiger partial charge in [0.25, 0.3) is 5.91 Å². The van der Waals surface area contributed by atoms with E-state index >= 15 is 4.39 Å². The second-order valence-corrected chi connectivity index (χ2v) is 9.05. The lowest BCUT2D eigenvalue weighted by atomic mass is 9.83. The first-order valence-corrected chi connectivity index (χ1v) is 10.2. The Morgan fingerprint density at radius 3 is 2.61 bits per heavy atom. The summed E-state index contributed by atoms with van der Waals surface area (Å²) in [5.41, 5.74) is 3.22. The third kappa shape index (κ3) is 4.78. The first kappa shape index (κ1) is 22.5. The number of hydrogen-bond donors (Lipinski definition) is 2. The molecule has 1 saturated heterocycles. The van der Waals surface area contributed by atoms with Gasteiger partial charge in [-0.2, -0.15) is 10.4 Å². The largest absolute Gasteiger partial charge is 0.444 e. The molecule has 10 nitrogen and oxygen atoms in total. The molecule has 11 heteroatoms. The monoisotopic (exact) mass is 434 g/mol. The average molecular weight is 434 g/mol. The Bertz CT molecular complexity index is 929. The van der Waals surface area contributed by atoms with E-state index in [0.717, 1.165) is 12.8 Å². The second kappa shape index (κ2) is 8.17. The summed E-state index contributed by atoms with van der Waals surface area (Å²) in [7, 11) is 0. The fourth-order valence-electron chi connectivity index (χ4n) is 3.55. The van der Waals surface area contributed by atoms with Crippen LogP contribution in [-0.2, 0) is 15.1 Å². The molecule has 1 aliphatic heterocycles. The summed E-state index contributed by atoms with van der Waals surface area (Å²) in [6.45, 7) is 4.98. The van der Waals surface area contributed by atoms with Gasteiger partial charge in [-0.25, -0.2) is 9.18 Å². The second-order valence-electron chi connectivity index (χ2n) is 9.05. The van der Waals surface area contributed by atoms with Crippen molar-refractivity contribution in [3.63, 3.8) is 0 Å². The number of amides is 3. The van der Waals surface area contributed by atoms with Crippen molar-refractivity contribution in [2.24, 2.45) is 11.7 Å². The number of primary amides is 1. The zero-order valence-corrected chi connectivity index (χ0v) is 17.9. The minimum Gasteiger partial charge on any atom is -0.444 e. The van der Waals surface area contributed by atoms with Crippen molar-refractivity contribution >= 4 is 23.7 Å². The van der Waals surface area contributed by atoms with Gasteiger partial charge in [0.1, 0.15) is 22.9 Å². The number of piperidine rings is 1. The van der Waals surface area contributed by atoms with Gasteiger partial charge >= 0.3 is 6.09 Å². The number of nitriles is 1. The van der Waals surface area contributed by atoms with Gasteiger partial charge in [-0.3, -0.25) is 14.3 Å². The lowest BCUT2D eigenvalue weighted by Gasteiger charge is -2.43. The highest BCUT2D eigenvalue weighted by Crippen LogP contribution is 2.37. The number of rotatable bonds is 5. The highest BCUT2D eigenvalue weighted by Gasteiger charge is 2.48. The van der Waals surface area contributed by atoms with Crippen LogP contribution in [0, 0.1) is 17.2 Å². The maximum atomic E-state index is 15.5. The summed E-state index contributed by atoms with van der Waals surface area (Å²) in [4.78, 5) is 37.6. The number of aromatic nitrogens is 2. The van der Waals surface area contributed by atoms with E-state index in [4.69, 9.17) is 10.5 Å². The van der Waals surface area contributed by atoms with Crippen molar-refractivity contribution < 1.29 is 23.5 Å². The lowest BCUT2D eigenvalue weighted by molar-refractivity contribution is -0.117. The first-order chi connectivity index (χ1) is 14.5. The Morgan fingerprint density at radius 1 is 1.42 bits per heavy atom. The third-order valence-electron chi connectivity index (χ3n) is 5.44. The quantitative estimate of drug-likeness (QED) is 0.725. The molecule has 3 N–H and O–H groups in total. The minimum absolute atomic E-state index is 0.0523. The normalized spacial score (nSPS) is 23.7. The molecule has 0 spiro atoms. The van der Waals surface area contributed by atoms with E-state index in [-0.39, 0.29) is 49.1 Å². The van der Waals surface area contributed by atoms with Gasteiger partial charge in [0.05, 0.1) is 19.0 Å². The van der Waals surface area contributed by atoms with E-state index in [9.17, 15) is 19.6 Å². The number of anilines is 1. The number of hydrogen-bond acceptors (Lipinski definition) is 6. The van der Waals surface area contributed by atoms with Gasteiger partial charge in [0.2, 0.25) is 5.91 Å². The number of carbonyl (C=O) groups is 3. The van der Waals surface area contributed by atoms with Crippen molar-refractivity contribution in [2.45, 2.75) is 63.8 Å². The lowest BCUT2D eigenvalue weighted by Crippen LogP contribution is -2.56. The summed E-state index contributed by atoms with van der Waals surface area (Å²) in [6.07, 6.45) is 0.284. The smallest absolute Gasteiger partial charge is 0.410 e. The number of halogens is 1. The summed E-state index contributed by atoms with van der Waals surface area (Å²) in [5, 5.41) is 16.2.